The number of hydrogen-bond donors (Lipinski definition) is 0. The predicted octanol–water partition coefficient (Wildman–Crippen LogP) is 2.50. The van der Waals surface area contributed by atoms with Crippen LogP contribution in [0.3, 0.4) is 0 Å². The maximum atomic E-state index is 12.9. The molecule has 2 aromatic rings. The fourth-order valence-corrected chi connectivity index (χ4v) is 4.36. The zero-order valence-electron chi connectivity index (χ0n) is 14.9. The number of hydrogen-bond acceptors (Lipinski definition) is 6. The minimum atomic E-state index is -3.57. The predicted molar refractivity (Wildman–Crippen MR) is 96.6 cm³/mol. The summed E-state index contributed by atoms with van der Waals surface area (Å²) >= 11 is 0. The second-order valence-corrected chi connectivity index (χ2v) is 8.37. The molecule has 0 amide bonds. The fraction of sp³-hybridized carbons (Fsp3) is 0.444. The van der Waals surface area contributed by atoms with E-state index in [4.69, 9.17) is 9.47 Å². The van der Waals surface area contributed by atoms with Crippen LogP contribution in [0.4, 0.5) is 0 Å². The number of sulfonamides is 1. The molecule has 1 aliphatic heterocycles. The highest BCUT2D eigenvalue weighted by Crippen LogP contribution is 2.24. The van der Waals surface area contributed by atoms with Gasteiger partial charge >= 0.3 is 0 Å². The highest BCUT2D eigenvalue weighted by atomic mass is 32.2. The standard InChI is InChI=1S/C18H23N3O4S/c1-14(2)24-15-5-7-17(8-6-15)26(22,23)21-11-3-4-16(12-21)25-18-9-10-19-13-20-18/h5-10,13-14,16H,3-4,11-12H2,1-2H3. The van der Waals surface area contributed by atoms with Gasteiger partial charge in [-0.25, -0.2) is 18.4 Å². The molecule has 7 nitrogen and oxygen atoms in total. The molecule has 0 aliphatic carbocycles. The Kier molecular flexibility index (Phi) is 5.73. The first kappa shape index (κ1) is 18.6. The van der Waals surface area contributed by atoms with Crippen LogP contribution in [0.2, 0.25) is 0 Å². The van der Waals surface area contributed by atoms with Crippen molar-refractivity contribution < 1.29 is 17.9 Å². The molecule has 2 heterocycles. The summed E-state index contributed by atoms with van der Waals surface area (Å²) < 4.78 is 38.7. The summed E-state index contributed by atoms with van der Waals surface area (Å²) in [4.78, 5) is 8.15. The fourth-order valence-electron chi connectivity index (χ4n) is 2.85. The van der Waals surface area contributed by atoms with Gasteiger partial charge in [-0.3, -0.25) is 0 Å². The second-order valence-electron chi connectivity index (χ2n) is 6.43. The van der Waals surface area contributed by atoms with E-state index >= 15 is 0 Å². The van der Waals surface area contributed by atoms with Gasteiger partial charge in [0.25, 0.3) is 0 Å². The number of rotatable bonds is 6. The third-order valence-electron chi connectivity index (χ3n) is 4.02. The maximum Gasteiger partial charge on any atom is 0.243 e. The quantitative estimate of drug-likeness (QED) is 0.769. The summed E-state index contributed by atoms with van der Waals surface area (Å²) in [5.74, 6) is 1.11. The molecule has 0 N–H and O–H groups in total. The van der Waals surface area contributed by atoms with E-state index in [-0.39, 0.29) is 17.1 Å². The van der Waals surface area contributed by atoms with E-state index in [2.05, 4.69) is 9.97 Å². The van der Waals surface area contributed by atoms with Crippen LogP contribution in [-0.4, -0.2) is 48.0 Å². The van der Waals surface area contributed by atoms with E-state index in [0.29, 0.717) is 24.7 Å². The molecule has 3 rings (SSSR count). The molecule has 0 saturated carbocycles. The number of ether oxygens (including phenoxy) is 2. The normalized spacial score (nSPS) is 18.7. The maximum absolute atomic E-state index is 12.9. The van der Waals surface area contributed by atoms with Gasteiger partial charge in [0.2, 0.25) is 15.9 Å². The first-order valence-corrected chi connectivity index (χ1v) is 10.1. The summed E-state index contributed by atoms with van der Waals surface area (Å²) in [5, 5.41) is 0. The number of nitrogens with zero attached hydrogens (tertiary/aromatic N) is 3. The molecular weight excluding hydrogens is 354 g/mol. The van der Waals surface area contributed by atoms with Crippen molar-refractivity contribution >= 4 is 10.0 Å². The minimum Gasteiger partial charge on any atom is -0.491 e. The summed E-state index contributed by atoms with van der Waals surface area (Å²) in [6.45, 7) is 4.64. The molecule has 8 heteroatoms. The molecule has 0 bridgehead atoms. The van der Waals surface area contributed by atoms with E-state index in [9.17, 15) is 8.42 Å². The number of piperidine rings is 1. The molecule has 1 atom stereocenters. The zero-order valence-corrected chi connectivity index (χ0v) is 15.7. The Labute approximate surface area is 154 Å². The van der Waals surface area contributed by atoms with Gasteiger partial charge in [-0.1, -0.05) is 0 Å². The van der Waals surface area contributed by atoms with Crippen LogP contribution in [0, 0.1) is 0 Å². The average molecular weight is 377 g/mol. The minimum absolute atomic E-state index is 0.0410. The molecule has 140 valence electrons. The van der Waals surface area contributed by atoms with Gasteiger partial charge in [-0.2, -0.15) is 4.31 Å². The van der Waals surface area contributed by atoms with Crippen molar-refractivity contribution in [1.29, 1.82) is 0 Å². The van der Waals surface area contributed by atoms with Gasteiger partial charge in [0, 0.05) is 18.8 Å². The molecule has 26 heavy (non-hydrogen) atoms. The Morgan fingerprint density at radius 2 is 1.96 bits per heavy atom. The Hall–Kier alpha value is -2.19. The zero-order chi connectivity index (χ0) is 18.6. The van der Waals surface area contributed by atoms with E-state index in [0.717, 1.165) is 12.8 Å². The van der Waals surface area contributed by atoms with Crippen LogP contribution >= 0.6 is 0 Å². The third kappa shape index (κ3) is 4.50. The molecule has 1 fully saturated rings. The van der Waals surface area contributed by atoms with E-state index in [1.165, 1.54) is 10.6 Å². The highest BCUT2D eigenvalue weighted by Gasteiger charge is 2.31. The van der Waals surface area contributed by atoms with E-state index in [1.54, 1.807) is 36.5 Å². The van der Waals surface area contributed by atoms with Crippen molar-refractivity contribution in [3.05, 3.63) is 42.9 Å². The summed E-state index contributed by atoms with van der Waals surface area (Å²) in [6, 6.07) is 8.21. The monoisotopic (exact) mass is 377 g/mol. The molecule has 1 saturated heterocycles. The lowest BCUT2D eigenvalue weighted by Crippen LogP contribution is -2.44. The first-order chi connectivity index (χ1) is 12.4. The van der Waals surface area contributed by atoms with Gasteiger partial charge in [-0.05, 0) is 51.0 Å². The van der Waals surface area contributed by atoms with Crippen LogP contribution in [0.1, 0.15) is 26.7 Å². The van der Waals surface area contributed by atoms with Crippen molar-refractivity contribution in [2.45, 2.75) is 43.8 Å². The lowest BCUT2D eigenvalue weighted by molar-refractivity contribution is 0.124. The molecule has 1 unspecified atom stereocenters. The smallest absolute Gasteiger partial charge is 0.243 e. The largest absolute Gasteiger partial charge is 0.491 e. The topological polar surface area (TPSA) is 81.6 Å². The van der Waals surface area contributed by atoms with Gasteiger partial charge in [0.15, 0.2) is 0 Å². The first-order valence-electron chi connectivity index (χ1n) is 8.64. The van der Waals surface area contributed by atoms with Crippen LogP contribution in [-0.2, 0) is 10.0 Å². The van der Waals surface area contributed by atoms with Crippen molar-refractivity contribution in [2.24, 2.45) is 0 Å². The Morgan fingerprint density at radius 1 is 1.19 bits per heavy atom. The molecular formula is C18H23N3O4S. The molecule has 0 radical (unpaired) electrons. The number of benzene rings is 1. The molecule has 1 aliphatic rings. The van der Waals surface area contributed by atoms with Gasteiger partial charge in [0.1, 0.15) is 18.2 Å². The average Bonchev–Trinajstić information content (AvgIpc) is 2.63. The van der Waals surface area contributed by atoms with Crippen molar-refractivity contribution in [2.75, 3.05) is 13.1 Å². The summed E-state index contributed by atoms with van der Waals surface area (Å²) in [6.07, 6.45) is 4.35. The lowest BCUT2D eigenvalue weighted by Gasteiger charge is -2.31. The summed E-state index contributed by atoms with van der Waals surface area (Å²) in [5.41, 5.74) is 0. The molecule has 1 aromatic heterocycles. The Balaban J connectivity index is 1.70. The molecule has 0 spiro atoms. The van der Waals surface area contributed by atoms with Gasteiger partial charge in [0.05, 0.1) is 17.5 Å². The summed E-state index contributed by atoms with van der Waals surface area (Å²) in [7, 11) is -3.57. The molecule has 1 aromatic carbocycles. The SMILES string of the molecule is CC(C)Oc1ccc(S(=O)(=O)N2CCCC(Oc3ccncn3)C2)cc1. The Morgan fingerprint density at radius 3 is 2.62 bits per heavy atom. The van der Waals surface area contributed by atoms with Crippen molar-refractivity contribution in [1.82, 2.24) is 14.3 Å². The van der Waals surface area contributed by atoms with Gasteiger partial charge in [-0.15, -0.1) is 0 Å². The van der Waals surface area contributed by atoms with Crippen molar-refractivity contribution in [3.63, 3.8) is 0 Å². The second kappa shape index (κ2) is 8.01. The van der Waals surface area contributed by atoms with Crippen LogP contribution in [0.15, 0.2) is 47.8 Å². The van der Waals surface area contributed by atoms with Crippen LogP contribution in [0.25, 0.3) is 0 Å². The number of aromatic nitrogens is 2. The van der Waals surface area contributed by atoms with Crippen molar-refractivity contribution in [3.8, 4) is 11.6 Å². The van der Waals surface area contributed by atoms with Gasteiger partial charge < -0.3 is 9.47 Å². The van der Waals surface area contributed by atoms with Crippen LogP contribution < -0.4 is 9.47 Å². The van der Waals surface area contributed by atoms with E-state index < -0.39 is 10.0 Å². The Bertz CT molecular complexity index is 810. The van der Waals surface area contributed by atoms with E-state index in [1.807, 2.05) is 13.8 Å². The lowest BCUT2D eigenvalue weighted by atomic mass is 10.1. The third-order valence-corrected chi connectivity index (χ3v) is 5.90. The highest BCUT2D eigenvalue weighted by molar-refractivity contribution is 7.89. The van der Waals surface area contributed by atoms with Crippen LogP contribution in [0.5, 0.6) is 11.6 Å².